The summed E-state index contributed by atoms with van der Waals surface area (Å²) in [4.78, 5) is 13.3. The van der Waals surface area contributed by atoms with Gasteiger partial charge in [0.1, 0.15) is 0 Å². The maximum absolute atomic E-state index is 11.8. The molecule has 1 saturated heterocycles. The van der Waals surface area contributed by atoms with Crippen molar-refractivity contribution in [3.8, 4) is 0 Å². The number of nitrogens with one attached hydrogen (secondary N) is 1. The van der Waals surface area contributed by atoms with Gasteiger partial charge in [-0.2, -0.15) is 0 Å². The van der Waals surface area contributed by atoms with E-state index in [1.54, 1.807) is 0 Å². The molecule has 2 rings (SSSR count). The number of hydrogen-bond donors (Lipinski definition) is 1. The Hall–Kier alpha value is -1.33. The zero-order chi connectivity index (χ0) is 13.1. The summed E-state index contributed by atoms with van der Waals surface area (Å²) >= 11 is 1.27. The average Bonchev–Trinajstić information content (AvgIpc) is 2.67. The van der Waals surface area contributed by atoms with E-state index < -0.39 is 0 Å². The number of amides is 1. The van der Waals surface area contributed by atoms with Gasteiger partial charge in [-0.25, -0.2) is 0 Å². The lowest BCUT2D eigenvalue weighted by atomic mass is 10.1. The maximum atomic E-state index is 11.8. The van der Waals surface area contributed by atoms with E-state index in [0.717, 1.165) is 16.8 Å². The molecule has 1 fully saturated rings. The van der Waals surface area contributed by atoms with Gasteiger partial charge in [0.05, 0.1) is 18.0 Å². The van der Waals surface area contributed by atoms with Crippen molar-refractivity contribution < 1.29 is 9.53 Å². The Morgan fingerprint density at radius 1 is 1.50 bits per heavy atom. The number of ether oxygens (including phenoxy) is 1. The molecule has 0 saturated carbocycles. The van der Waals surface area contributed by atoms with Gasteiger partial charge < -0.3 is 4.74 Å². The fourth-order valence-corrected chi connectivity index (χ4v) is 2.55. The third kappa shape index (κ3) is 2.57. The van der Waals surface area contributed by atoms with Crippen LogP contribution in [-0.4, -0.2) is 23.4 Å². The summed E-state index contributed by atoms with van der Waals surface area (Å²) in [5, 5.41) is 8.14. The van der Waals surface area contributed by atoms with Gasteiger partial charge in [0.2, 0.25) is 5.91 Å². The van der Waals surface area contributed by atoms with Crippen molar-refractivity contribution in [3.63, 3.8) is 0 Å². The van der Waals surface area contributed by atoms with E-state index in [1.165, 1.54) is 16.7 Å². The molecule has 1 aliphatic heterocycles. The highest BCUT2D eigenvalue weighted by Gasteiger charge is 2.29. The molecule has 1 aromatic carbocycles. The summed E-state index contributed by atoms with van der Waals surface area (Å²) in [6.45, 7) is 5.01. The number of benzene rings is 1. The topological polar surface area (TPSA) is 53.4 Å². The van der Waals surface area contributed by atoms with Gasteiger partial charge >= 0.3 is 0 Å². The van der Waals surface area contributed by atoms with E-state index in [9.17, 15) is 4.79 Å². The Balaban J connectivity index is 2.37. The lowest BCUT2D eigenvalue weighted by Gasteiger charge is -2.19. The predicted molar refractivity (Wildman–Crippen MR) is 74.2 cm³/mol. The molecule has 0 aliphatic carbocycles. The molecule has 0 unspecified atom stereocenters. The number of hydrogen-bond acceptors (Lipinski definition) is 4. The number of thioether (sulfide) groups is 1. The largest absolute Gasteiger partial charge is 0.377 e. The number of amidine groups is 1. The van der Waals surface area contributed by atoms with Crippen LogP contribution in [0.1, 0.15) is 18.1 Å². The first kappa shape index (κ1) is 13.1. The van der Waals surface area contributed by atoms with Gasteiger partial charge in [0.15, 0.2) is 5.17 Å². The Morgan fingerprint density at radius 2 is 2.28 bits per heavy atom. The summed E-state index contributed by atoms with van der Waals surface area (Å²) in [6, 6.07) is 5.89. The van der Waals surface area contributed by atoms with Gasteiger partial charge in [-0.15, -0.1) is 0 Å². The zero-order valence-corrected chi connectivity index (χ0v) is 11.3. The molecule has 96 valence electrons. The van der Waals surface area contributed by atoms with Crippen LogP contribution in [0.2, 0.25) is 0 Å². The van der Waals surface area contributed by atoms with Crippen molar-refractivity contribution in [1.82, 2.24) is 0 Å². The number of aryl methyl sites for hydroxylation is 1. The van der Waals surface area contributed by atoms with Crippen LogP contribution in [0.3, 0.4) is 0 Å². The molecule has 0 bridgehead atoms. The number of carbonyl (C=O) groups excluding carboxylic acids is 1. The smallest absolute Gasteiger partial charge is 0.243 e. The first-order valence-corrected chi connectivity index (χ1v) is 6.83. The minimum atomic E-state index is -0.0339. The molecule has 1 aliphatic rings. The molecule has 1 aromatic rings. The minimum Gasteiger partial charge on any atom is -0.377 e. The number of rotatable bonds is 4. The lowest BCUT2D eigenvalue weighted by molar-refractivity contribution is -0.115. The third-order valence-corrected chi connectivity index (χ3v) is 3.58. The van der Waals surface area contributed by atoms with Gasteiger partial charge in [-0.05, 0) is 25.5 Å². The highest BCUT2D eigenvalue weighted by molar-refractivity contribution is 8.15. The van der Waals surface area contributed by atoms with E-state index >= 15 is 0 Å². The van der Waals surface area contributed by atoms with Gasteiger partial charge in [0, 0.05) is 12.2 Å². The van der Waals surface area contributed by atoms with Gasteiger partial charge in [0.25, 0.3) is 0 Å². The van der Waals surface area contributed by atoms with Crippen LogP contribution in [-0.2, 0) is 16.1 Å². The Kier molecular flexibility index (Phi) is 4.04. The molecule has 0 aromatic heterocycles. The van der Waals surface area contributed by atoms with Crippen molar-refractivity contribution in [2.24, 2.45) is 0 Å². The van der Waals surface area contributed by atoms with Crippen molar-refractivity contribution in [2.45, 2.75) is 20.5 Å². The Labute approximate surface area is 111 Å². The SMILES string of the molecule is CCOCc1ccc(C)cc1N1C(=N)SCC1=O. The molecular formula is C13H16N2O2S. The van der Waals surface area contributed by atoms with Crippen LogP contribution in [0.15, 0.2) is 18.2 Å². The third-order valence-electron chi connectivity index (χ3n) is 2.73. The summed E-state index contributed by atoms with van der Waals surface area (Å²) in [6.07, 6.45) is 0. The fraction of sp³-hybridized carbons (Fsp3) is 0.385. The first-order valence-electron chi connectivity index (χ1n) is 5.85. The van der Waals surface area contributed by atoms with E-state index in [1.807, 2.05) is 32.0 Å². The Bertz CT molecular complexity index is 472. The molecule has 4 nitrogen and oxygen atoms in total. The molecule has 0 atom stereocenters. The van der Waals surface area contributed by atoms with Crippen LogP contribution < -0.4 is 4.90 Å². The quantitative estimate of drug-likeness (QED) is 0.909. The fourth-order valence-electron chi connectivity index (χ4n) is 1.83. The van der Waals surface area contributed by atoms with Crippen molar-refractivity contribution in [3.05, 3.63) is 29.3 Å². The van der Waals surface area contributed by atoms with E-state index in [4.69, 9.17) is 10.1 Å². The van der Waals surface area contributed by atoms with E-state index in [0.29, 0.717) is 24.1 Å². The summed E-state index contributed by atoms with van der Waals surface area (Å²) in [7, 11) is 0. The second-order valence-electron chi connectivity index (χ2n) is 4.09. The molecule has 5 heteroatoms. The highest BCUT2D eigenvalue weighted by atomic mass is 32.2. The monoisotopic (exact) mass is 264 g/mol. The minimum absolute atomic E-state index is 0.0339. The van der Waals surface area contributed by atoms with Crippen molar-refractivity contribution in [2.75, 3.05) is 17.3 Å². The molecule has 0 radical (unpaired) electrons. The molecule has 1 heterocycles. The van der Waals surface area contributed by atoms with Crippen LogP contribution in [0.25, 0.3) is 0 Å². The second kappa shape index (κ2) is 5.54. The van der Waals surface area contributed by atoms with Gasteiger partial charge in [-0.3, -0.25) is 15.1 Å². The second-order valence-corrected chi connectivity index (χ2v) is 5.06. The predicted octanol–water partition coefficient (Wildman–Crippen LogP) is 2.55. The zero-order valence-electron chi connectivity index (χ0n) is 10.5. The number of carbonyl (C=O) groups is 1. The summed E-state index contributed by atoms with van der Waals surface area (Å²) < 4.78 is 5.41. The molecule has 0 spiro atoms. The standard InChI is InChI=1S/C13H16N2O2S/c1-3-17-7-10-5-4-9(2)6-11(10)15-12(16)8-18-13(15)14/h4-6,14H,3,7-8H2,1-2H3. The molecule has 1 amide bonds. The molecular weight excluding hydrogens is 248 g/mol. The normalized spacial score (nSPS) is 15.6. The van der Waals surface area contributed by atoms with E-state index in [2.05, 4.69) is 0 Å². The highest BCUT2D eigenvalue weighted by Crippen LogP contribution is 2.30. The average molecular weight is 264 g/mol. The van der Waals surface area contributed by atoms with Crippen molar-refractivity contribution in [1.29, 1.82) is 5.41 Å². The number of nitrogens with zero attached hydrogens (tertiary/aromatic N) is 1. The van der Waals surface area contributed by atoms with Crippen LogP contribution in [0, 0.1) is 12.3 Å². The Morgan fingerprint density at radius 3 is 2.89 bits per heavy atom. The molecule has 1 N–H and O–H groups in total. The lowest BCUT2D eigenvalue weighted by Crippen LogP contribution is -2.29. The van der Waals surface area contributed by atoms with Crippen LogP contribution >= 0.6 is 11.8 Å². The van der Waals surface area contributed by atoms with E-state index in [-0.39, 0.29) is 5.91 Å². The van der Waals surface area contributed by atoms with Gasteiger partial charge in [-0.1, -0.05) is 23.9 Å². The number of anilines is 1. The summed E-state index contributed by atoms with van der Waals surface area (Å²) in [5.41, 5.74) is 2.80. The van der Waals surface area contributed by atoms with Crippen molar-refractivity contribution >= 4 is 28.5 Å². The first-order chi connectivity index (χ1) is 8.63. The molecule has 18 heavy (non-hydrogen) atoms. The van der Waals surface area contributed by atoms with Crippen LogP contribution in [0.5, 0.6) is 0 Å². The maximum Gasteiger partial charge on any atom is 0.243 e. The van der Waals surface area contributed by atoms with Crippen LogP contribution in [0.4, 0.5) is 5.69 Å². The summed E-state index contributed by atoms with van der Waals surface area (Å²) in [5.74, 6) is 0.314.